The average molecular weight is 368 g/mol. The molecule has 1 aliphatic heterocycles. The van der Waals surface area contributed by atoms with Crippen LogP contribution in [-0.4, -0.2) is 40.9 Å². The third kappa shape index (κ3) is 3.15. The van der Waals surface area contributed by atoms with E-state index in [-0.39, 0.29) is 24.2 Å². The van der Waals surface area contributed by atoms with Crippen LogP contribution in [0.5, 0.6) is 0 Å². The fourth-order valence-electron chi connectivity index (χ4n) is 3.34. The Morgan fingerprint density at radius 2 is 2.19 bits per heavy atom. The number of aryl methyl sites for hydroxylation is 1. The Bertz CT molecular complexity index is 1040. The number of aromatic nitrogens is 1. The number of aliphatic hydroxyl groups is 1. The number of nitrogens with one attached hydrogen (secondary N) is 1. The van der Waals surface area contributed by atoms with Gasteiger partial charge in [0.05, 0.1) is 37.1 Å². The molecule has 0 spiro atoms. The van der Waals surface area contributed by atoms with Crippen LogP contribution < -0.4 is 10.7 Å². The Balaban J connectivity index is 1.79. The van der Waals surface area contributed by atoms with Crippen LogP contribution in [0.4, 0.5) is 0 Å². The lowest BCUT2D eigenvalue weighted by Gasteiger charge is -2.16. The Kier molecular flexibility index (Phi) is 4.55. The first-order valence-corrected chi connectivity index (χ1v) is 8.86. The van der Waals surface area contributed by atoms with E-state index in [0.717, 1.165) is 11.1 Å². The van der Waals surface area contributed by atoms with E-state index < -0.39 is 18.1 Å². The molecule has 0 radical (unpaired) electrons. The number of ether oxygens (including phenoxy) is 1. The highest BCUT2D eigenvalue weighted by atomic mass is 16.5. The van der Waals surface area contributed by atoms with E-state index in [1.54, 1.807) is 24.6 Å². The topological polar surface area (TPSA) is 93.7 Å². The Morgan fingerprint density at radius 3 is 2.85 bits per heavy atom. The van der Waals surface area contributed by atoms with Crippen molar-refractivity contribution in [3.63, 3.8) is 0 Å². The third-order valence-electron chi connectivity index (χ3n) is 4.84. The van der Waals surface area contributed by atoms with Gasteiger partial charge in [-0.05, 0) is 37.3 Å². The molecule has 1 saturated heterocycles. The van der Waals surface area contributed by atoms with Crippen molar-refractivity contribution in [2.75, 3.05) is 13.2 Å². The van der Waals surface area contributed by atoms with E-state index >= 15 is 0 Å². The molecule has 1 fully saturated rings. The molecule has 7 nitrogen and oxygen atoms in total. The number of pyridine rings is 1. The molecule has 3 heterocycles. The number of aliphatic hydroxyl groups excluding tert-OH is 1. The van der Waals surface area contributed by atoms with Gasteiger partial charge in [0.2, 0.25) is 5.43 Å². The molecule has 1 aliphatic rings. The number of fused-ring (bicyclic) bond motifs is 1. The second-order valence-electron chi connectivity index (χ2n) is 6.55. The summed E-state index contributed by atoms with van der Waals surface area (Å²) in [6.07, 6.45) is 2.37. The number of furan rings is 1. The summed E-state index contributed by atoms with van der Waals surface area (Å²) in [6.45, 7) is 2.95. The standard InChI is InChI=1S/C20H20N2O5/c1-2-22-9-14(20(25)21-15-10-26-11-17(15)23)19(24)13-8-12(5-6-16(13)22)18-4-3-7-27-18/h3-9,15,17,23H,2,10-11H2,1H3,(H,21,25)/t15-,17-/m1/s1. The summed E-state index contributed by atoms with van der Waals surface area (Å²) >= 11 is 0. The van der Waals surface area contributed by atoms with E-state index in [4.69, 9.17) is 9.15 Å². The average Bonchev–Trinajstić information content (AvgIpc) is 3.34. The summed E-state index contributed by atoms with van der Waals surface area (Å²) in [4.78, 5) is 25.7. The van der Waals surface area contributed by atoms with Gasteiger partial charge in [-0.2, -0.15) is 0 Å². The van der Waals surface area contributed by atoms with Gasteiger partial charge in [-0.1, -0.05) is 0 Å². The zero-order valence-corrected chi connectivity index (χ0v) is 14.8. The lowest BCUT2D eigenvalue weighted by Crippen LogP contribution is -2.44. The highest BCUT2D eigenvalue weighted by Gasteiger charge is 2.29. The Hall–Kier alpha value is -2.90. The van der Waals surface area contributed by atoms with Gasteiger partial charge in [-0.25, -0.2) is 0 Å². The molecule has 0 saturated carbocycles. The molecular weight excluding hydrogens is 348 g/mol. The summed E-state index contributed by atoms with van der Waals surface area (Å²) in [6, 6.07) is 8.57. The molecule has 2 atom stereocenters. The van der Waals surface area contributed by atoms with E-state index in [9.17, 15) is 14.7 Å². The van der Waals surface area contributed by atoms with Crippen molar-refractivity contribution in [3.05, 3.63) is 58.6 Å². The number of carbonyl (C=O) groups excluding carboxylic acids is 1. The normalized spacial score (nSPS) is 19.5. The first kappa shape index (κ1) is 17.5. The number of hydrogen-bond donors (Lipinski definition) is 2. The quantitative estimate of drug-likeness (QED) is 0.732. The minimum Gasteiger partial charge on any atom is -0.464 e. The zero-order valence-electron chi connectivity index (χ0n) is 14.8. The summed E-state index contributed by atoms with van der Waals surface area (Å²) in [7, 11) is 0. The molecular formula is C20H20N2O5. The molecule has 3 aromatic rings. The molecule has 7 heteroatoms. The largest absolute Gasteiger partial charge is 0.464 e. The molecule has 0 bridgehead atoms. The summed E-state index contributed by atoms with van der Waals surface area (Å²) in [5.41, 5.74) is 1.21. The smallest absolute Gasteiger partial charge is 0.257 e. The number of hydrogen-bond acceptors (Lipinski definition) is 5. The van der Waals surface area contributed by atoms with Crippen molar-refractivity contribution in [2.24, 2.45) is 0 Å². The van der Waals surface area contributed by atoms with Crippen molar-refractivity contribution in [1.82, 2.24) is 9.88 Å². The van der Waals surface area contributed by atoms with Crippen molar-refractivity contribution in [1.29, 1.82) is 0 Å². The van der Waals surface area contributed by atoms with Crippen LogP contribution in [-0.2, 0) is 11.3 Å². The summed E-state index contributed by atoms with van der Waals surface area (Å²) in [5, 5.41) is 13.0. The van der Waals surface area contributed by atoms with Crippen molar-refractivity contribution in [3.8, 4) is 11.3 Å². The van der Waals surface area contributed by atoms with E-state index in [1.165, 1.54) is 0 Å². The first-order chi connectivity index (χ1) is 13.1. The SMILES string of the molecule is CCn1cc(C(=O)N[C@@H]2COC[C@H]2O)c(=O)c2cc(-c3ccco3)ccc21. The molecule has 1 aromatic carbocycles. The van der Waals surface area contributed by atoms with Gasteiger partial charge < -0.3 is 24.1 Å². The van der Waals surface area contributed by atoms with Crippen LogP contribution >= 0.6 is 0 Å². The summed E-state index contributed by atoms with van der Waals surface area (Å²) in [5.74, 6) is 0.141. The summed E-state index contributed by atoms with van der Waals surface area (Å²) < 4.78 is 12.4. The molecule has 2 aromatic heterocycles. The minimum atomic E-state index is -0.770. The lowest BCUT2D eigenvalue weighted by atomic mass is 10.1. The lowest BCUT2D eigenvalue weighted by molar-refractivity contribution is 0.0885. The Morgan fingerprint density at radius 1 is 1.33 bits per heavy atom. The van der Waals surface area contributed by atoms with Crippen LogP contribution in [0.2, 0.25) is 0 Å². The molecule has 2 N–H and O–H groups in total. The number of benzene rings is 1. The minimum absolute atomic E-state index is 0.0417. The van der Waals surface area contributed by atoms with Crippen molar-refractivity contribution in [2.45, 2.75) is 25.6 Å². The molecule has 0 aliphatic carbocycles. The number of rotatable bonds is 4. The second kappa shape index (κ2) is 7.02. The van der Waals surface area contributed by atoms with Gasteiger partial charge in [0.1, 0.15) is 11.3 Å². The Labute approximate surface area is 155 Å². The van der Waals surface area contributed by atoms with Gasteiger partial charge in [0, 0.05) is 23.7 Å². The molecule has 0 unspecified atom stereocenters. The third-order valence-corrected chi connectivity index (χ3v) is 4.84. The highest BCUT2D eigenvalue weighted by molar-refractivity contribution is 5.98. The van der Waals surface area contributed by atoms with E-state index in [0.29, 0.717) is 17.7 Å². The van der Waals surface area contributed by atoms with Gasteiger partial charge in [0.25, 0.3) is 5.91 Å². The maximum Gasteiger partial charge on any atom is 0.257 e. The number of carbonyl (C=O) groups is 1. The molecule has 4 rings (SSSR count). The monoisotopic (exact) mass is 368 g/mol. The maximum atomic E-state index is 13.0. The van der Waals surface area contributed by atoms with Crippen LogP contribution in [0.25, 0.3) is 22.2 Å². The van der Waals surface area contributed by atoms with Gasteiger partial charge in [-0.3, -0.25) is 9.59 Å². The predicted octanol–water partition coefficient (Wildman–Crippen LogP) is 1.77. The second-order valence-corrected chi connectivity index (χ2v) is 6.55. The van der Waals surface area contributed by atoms with Crippen LogP contribution in [0.1, 0.15) is 17.3 Å². The number of nitrogens with zero attached hydrogens (tertiary/aromatic N) is 1. The molecule has 1 amide bonds. The van der Waals surface area contributed by atoms with E-state index in [1.807, 2.05) is 29.7 Å². The van der Waals surface area contributed by atoms with E-state index in [2.05, 4.69) is 5.32 Å². The fraction of sp³-hybridized carbons (Fsp3) is 0.300. The van der Waals surface area contributed by atoms with Crippen molar-refractivity contribution < 1.29 is 19.1 Å². The van der Waals surface area contributed by atoms with Gasteiger partial charge >= 0.3 is 0 Å². The van der Waals surface area contributed by atoms with Gasteiger partial charge in [0.15, 0.2) is 0 Å². The van der Waals surface area contributed by atoms with Gasteiger partial charge in [-0.15, -0.1) is 0 Å². The van der Waals surface area contributed by atoms with Crippen LogP contribution in [0, 0.1) is 0 Å². The predicted molar refractivity (Wildman–Crippen MR) is 99.7 cm³/mol. The van der Waals surface area contributed by atoms with Crippen LogP contribution in [0.3, 0.4) is 0 Å². The molecule has 27 heavy (non-hydrogen) atoms. The number of amides is 1. The maximum absolute atomic E-state index is 13.0. The first-order valence-electron chi connectivity index (χ1n) is 8.86. The molecule has 140 valence electrons. The fourth-order valence-corrected chi connectivity index (χ4v) is 3.34. The van der Waals surface area contributed by atoms with Crippen LogP contribution in [0.15, 0.2) is 52.0 Å². The zero-order chi connectivity index (χ0) is 19.0. The van der Waals surface area contributed by atoms with Crippen molar-refractivity contribution >= 4 is 16.8 Å². The highest BCUT2D eigenvalue weighted by Crippen LogP contribution is 2.24.